The van der Waals surface area contributed by atoms with Gasteiger partial charge >= 0.3 is 0 Å². The van der Waals surface area contributed by atoms with E-state index in [2.05, 4.69) is 15.2 Å². The monoisotopic (exact) mass is 472 g/mol. The maximum atomic E-state index is 12.7. The zero-order valence-corrected chi connectivity index (χ0v) is 18.4. The molecule has 0 spiro atoms. The standard InChI is InChI=1S/C21H20N4O7S/c1-31-16-6-4-15(5-7-16)24-33(29,30)17-8-9-18(19(12-17)25(27)28)23-22-13-14-3-10-21(32-2)20(26)11-14/h3-13,23-24,26H,1-2H3/b22-13+. The van der Waals surface area contributed by atoms with Crippen molar-refractivity contribution >= 4 is 33.3 Å². The fourth-order valence-corrected chi connectivity index (χ4v) is 3.84. The molecule has 3 N–H and O–H groups in total. The van der Waals surface area contributed by atoms with E-state index < -0.39 is 20.6 Å². The third-order valence-electron chi connectivity index (χ3n) is 4.42. The molecule has 33 heavy (non-hydrogen) atoms. The highest BCUT2D eigenvalue weighted by Crippen LogP contribution is 2.29. The van der Waals surface area contributed by atoms with Crippen LogP contribution in [-0.4, -0.2) is 38.9 Å². The molecule has 0 bridgehead atoms. The van der Waals surface area contributed by atoms with Crippen molar-refractivity contribution in [3.8, 4) is 17.2 Å². The Labute approximate surface area is 189 Å². The number of ether oxygens (including phenoxy) is 2. The molecule has 0 unspecified atom stereocenters. The van der Waals surface area contributed by atoms with Gasteiger partial charge in [-0.2, -0.15) is 5.10 Å². The number of hydrogen-bond acceptors (Lipinski definition) is 9. The van der Waals surface area contributed by atoms with Gasteiger partial charge in [0.2, 0.25) is 0 Å². The number of nitro groups is 1. The number of nitrogens with zero attached hydrogens (tertiary/aromatic N) is 2. The molecule has 11 nitrogen and oxygen atoms in total. The highest BCUT2D eigenvalue weighted by Gasteiger charge is 2.21. The Hall–Kier alpha value is -4.32. The number of nitro benzene ring substituents is 1. The lowest BCUT2D eigenvalue weighted by Gasteiger charge is -2.10. The molecule has 3 rings (SSSR count). The van der Waals surface area contributed by atoms with Gasteiger partial charge in [0.05, 0.1) is 30.3 Å². The van der Waals surface area contributed by atoms with Crippen molar-refractivity contribution in [2.24, 2.45) is 5.10 Å². The second-order valence-electron chi connectivity index (χ2n) is 6.57. The van der Waals surface area contributed by atoms with Crippen LogP contribution in [0.25, 0.3) is 0 Å². The summed E-state index contributed by atoms with van der Waals surface area (Å²) in [5.41, 5.74) is 2.79. The van der Waals surface area contributed by atoms with Gasteiger partial charge in [0, 0.05) is 11.8 Å². The van der Waals surface area contributed by atoms with Gasteiger partial charge < -0.3 is 14.6 Å². The third kappa shape index (κ3) is 5.68. The number of phenols is 1. The number of anilines is 2. The summed E-state index contributed by atoms with van der Waals surface area (Å²) in [5, 5.41) is 25.2. The van der Waals surface area contributed by atoms with Crippen LogP contribution in [0.1, 0.15) is 5.56 Å². The SMILES string of the molecule is COc1ccc(NS(=O)(=O)c2ccc(N/N=C/c3ccc(OC)c(O)c3)c([N+](=O)[O-])c2)cc1. The lowest BCUT2D eigenvalue weighted by molar-refractivity contribution is -0.384. The van der Waals surface area contributed by atoms with Crippen LogP contribution in [0.2, 0.25) is 0 Å². The van der Waals surface area contributed by atoms with Gasteiger partial charge in [-0.25, -0.2) is 8.42 Å². The summed E-state index contributed by atoms with van der Waals surface area (Å²) in [6.07, 6.45) is 1.33. The largest absolute Gasteiger partial charge is 0.504 e. The normalized spacial score (nSPS) is 11.2. The first-order chi connectivity index (χ1) is 15.7. The van der Waals surface area contributed by atoms with E-state index in [1.807, 2.05) is 0 Å². The number of rotatable bonds is 9. The zero-order chi connectivity index (χ0) is 24.0. The molecule has 0 amide bonds. The molecule has 0 saturated heterocycles. The van der Waals surface area contributed by atoms with E-state index in [1.165, 1.54) is 56.8 Å². The predicted octanol–water partition coefficient (Wildman–Crippen LogP) is 3.56. The maximum Gasteiger partial charge on any atom is 0.295 e. The Morgan fingerprint density at radius 3 is 2.36 bits per heavy atom. The third-order valence-corrected chi connectivity index (χ3v) is 5.80. The molecule has 0 aromatic heterocycles. The van der Waals surface area contributed by atoms with Gasteiger partial charge in [-0.05, 0) is 60.2 Å². The topological polar surface area (TPSA) is 152 Å². The minimum atomic E-state index is -4.08. The number of methoxy groups -OCH3 is 2. The van der Waals surface area contributed by atoms with E-state index in [0.717, 1.165) is 6.07 Å². The highest BCUT2D eigenvalue weighted by atomic mass is 32.2. The Bertz CT molecular complexity index is 1290. The number of aromatic hydroxyl groups is 1. The number of phenolic OH excluding ortho intramolecular Hbond substituents is 1. The molecule has 0 aliphatic rings. The second kappa shape index (κ2) is 9.87. The van der Waals surface area contributed by atoms with E-state index in [-0.39, 0.29) is 27.8 Å². The molecule has 0 radical (unpaired) electrons. The predicted molar refractivity (Wildman–Crippen MR) is 123 cm³/mol. The van der Waals surface area contributed by atoms with Crippen LogP contribution >= 0.6 is 0 Å². The number of hydrazone groups is 1. The first kappa shape index (κ1) is 23.3. The van der Waals surface area contributed by atoms with E-state index in [4.69, 9.17) is 9.47 Å². The van der Waals surface area contributed by atoms with Gasteiger partial charge in [0.1, 0.15) is 11.4 Å². The van der Waals surface area contributed by atoms with E-state index in [1.54, 1.807) is 18.2 Å². The number of nitrogens with one attached hydrogen (secondary N) is 2. The van der Waals surface area contributed by atoms with Crippen molar-refractivity contribution in [2.45, 2.75) is 4.90 Å². The van der Waals surface area contributed by atoms with Crippen molar-refractivity contribution in [1.82, 2.24) is 0 Å². The molecule has 3 aromatic rings. The Balaban J connectivity index is 1.80. The summed E-state index contributed by atoms with van der Waals surface area (Å²) < 4.78 is 37.7. The van der Waals surface area contributed by atoms with Gasteiger partial charge in [-0.15, -0.1) is 0 Å². The molecule has 12 heteroatoms. The van der Waals surface area contributed by atoms with E-state index in [9.17, 15) is 23.6 Å². The smallest absolute Gasteiger partial charge is 0.295 e. The van der Waals surface area contributed by atoms with E-state index >= 15 is 0 Å². The summed E-state index contributed by atoms with van der Waals surface area (Å²) in [5.74, 6) is 0.747. The summed E-state index contributed by atoms with van der Waals surface area (Å²) in [6, 6.07) is 14.1. The van der Waals surface area contributed by atoms with Crippen LogP contribution in [0.15, 0.2) is 70.7 Å². The van der Waals surface area contributed by atoms with Gasteiger partial charge in [0.15, 0.2) is 11.5 Å². The minimum absolute atomic E-state index is 0.0163. The first-order valence-corrected chi connectivity index (χ1v) is 10.8. The summed E-state index contributed by atoms with van der Waals surface area (Å²) in [7, 11) is -1.18. The van der Waals surface area contributed by atoms with Crippen LogP contribution < -0.4 is 19.6 Å². The minimum Gasteiger partial charge on any atom is -0.504 e. The summed E-state index contributed by atoms with van der Waals surface area (Å²) >= 11 is 0. The fraction of sp³-hybridized carbons (Fsp3) is 0.0952. The van der Waals surface area contributed by atoms with Crippen molar-refractivity contribution in [3.05, 3.63) is 76.3 Å². The Morgan fingerprint density at radius 2 is 1.76 bits per heavy atom. The molecular formula is C21H20N4O7S. The molecule has 3 aromatic carbocycles. The average Bonchev–Trinajstić information content (AvgIpc) is 2.79. The maximum absolute atomic E-state index is 12.7. The molecule has 0 saturated carbocycles. The Kier molecular flexibility index (Phi) is 6.98. The average molecular weight is 472 g/mol. The van der Waals surface area contributed by atoms with Crippen molar-refractivity contribution in [2.75, 3.05) is 24.4 Å². The lowest BCUT2D eigenvalue weighted by atomic mass is 10.2. The molecule has 0 fully saturated rings. The van der Waals surface area contributed by atoms with Crippen LogP contribution in [0.4, 0.5) is 17.1 Å². The van der Waals surface area contributed by atoms with Crippen LogP contribution in [-0.2, 0) is 10.0 Å². The van der Waals surface area contributed by atoms with E-state index in [0.29, 0.717) is 11.3 Å². The summed E-state index contributed by atoms with van der Waals surface area (Å²) in [4.78, 5) is 10.5. The lowest BCUT2D eigenvalue weighted by Crippen LogP contribution is -2.13. The van der Waals surface area contributed by atoms with Crippen molar-refractivity contribution in [3.63, 3.8) is 0 Å². The quantitative estimate of drug-likeness (QED) is 0.243. The molecular weight excluding hydrogens is 452 g/mol. The molecule has 0 heterocycles. The van der Waals surface area contributed by atoms with Gasteiger partial charge in [-0.3, -0.25) is 20.3 Å². The zero-order valence-electron chi connectivity index (χ0n) is 17.6. The summed E-state index contributed by atoms with van der Waals surface area (Å²) in [6.45, 7) is 0. The first-order valence-electron chi connectivity index (χ1n) is 9.35. The van der Waals surface area contributed by atoms with Crippen molar-refractivity contribution in [1.29, 1.82) is 0 Å². The van der Waals surface area contributed by atoms with Crippen LogP contribution in [0, 0.1) is 10.1 Å². The van der Waals surface area contributed by atoms with Crippen LogP contribution in [0.3, 0.4) is 0 Å². The molecule has 0 aliphatic carbocycles. The fourth-order valence-electron chi connectivity index (χ4n) is 2.76. The molecule has 172 valence electrons. The highest BCUT2D eigenvalue weighted by molar-refractivity contribution is 7.92. The van der Waals surface area contributed by atoms with Gasteiger partial charge in [0.25, 0.3) is 15.7 Å². The number of sulfonamides is 1. The second-order valence-corrected chi connectivity index (χ2v) is 8.25. The number of benzene rings is 3. The number of hydrogen-bond donors (Lipinski definition) is 3. The molecule has 0 atom stereocenters. The molecule has 0 aliphatic heterocycles. The van der Waals surface area contributed by atoms with Crippen LogP contribution in [0.5, 0.6) is 17.2 Å². The Morgan fingerprint density at radius 1 is 1.03 bits per heavy atom. The van der Waals surface area contributed by atoms with Crippen molar-refractivity contribution < 1.29 is 27.9 Å². The van der Waals surface area contributed by atoms with Gasteiger partial charge in [-0.1, -0.05) is 0 Å².